The Morgan fingerprint density at radius 1 is 1.16 bits per heavy atom. The SMILES string of the molecule is Cc1c(NC(=O)OCc2ccccc2)cc(C(=O)O)cc1C(F)(F)F. The molecule has 2 rings (SSSR count). The first-order valence-corrected chi connectivity index (χ1v) is 7.11. The van der Waals surface area contributed by atoms with Crippen LogP contribution in [0.2, 0.25) is 0 Å². The van der Waals surface area contributed by atoms with Crippen LogP contribution in [0.15, 0.2) is 42.5 Å². The predicted octanol–water partition coefficient (Wildman–Crippen LogP) is 4.46. The fraction of sp³-hybridized carbons (Fsp3) is 0.176. The molecule has 0 saturated carbocycles. The number of hydrogen-bond donors (Lipinski definition) is 2. The monoisotopic (exact) mass is 353 g/mol. The van der Waals surface area contributed by atoms with Gasteiger partial charge in [-0.3, -0.25) is 5.32 Å². The molecule has 0 fully saturated rings. The van der Waals surface area contributed by atoms with Crippen LogP contribution in [-0.2, 0) is 17.5 Å². The van der Waals surface area contributed by atoms with E-state index in [1.165, 1.54) is 0 Å². The van der Waals surface area contributed by atoms with E-state index in [9.17, 15) is 22.8 Å². The average Bonchev–Trinajstić information content (AvgIpc) is 2.54. The van der Waals surface area contributed by atoms with E-state index in [-0.39, 0.29) is 17.9 Å². The van der Waals surface area contributed by atoms with Crippen LogP contribution in [0.3, 0.4) is 0 Å². The van der Waals surface area contributed by atoms with E-state index in [0.29, 0.717) is 11.6 Å². The van der Waals surface area contributed by atoms with Gasteiger partial charge in [-0.25, -0.2) is 9.59 Å². The van der Waals surface area contributed by atoms with Gasteiger partial charge in [0.05, 0.1) is 11.1 Å². The molecule has 0 atom stereocenters. The van der Waals surface area contributed by atoms with E-state index in [0.717, 1.165) is 13.0 Å². The van der Waals surface area contributed by atoms with Gasteiger partial charge in [0.25, 0.3) is 0 Å². The van der Waals surface area contributed by atoms with E-state index in [4.69, 9.17) is 9.84 Å². The average molecular weight is 353 g/mol. The first kappa shape index (κ1) is 18.3. The van der Waals surface area contributed by atoms with Crippen LogP contribution < -0.4 is 5.32 Å². The molecule has 0 heterocycles. The van der Waals surface area contributed by atoms with E-state index in [1.807, 2.05) is 0 Å². The number of carbonyl (C=O) groups excluding carboxylic acids is 1. The molecule has 0 bridgehead atoms. The van der Waals surface area contributed by atoms with Gasteiger partial charge in [0.1, 0.15) is 6.61 Å². The largest absolute Gasteiger partial charge is 0.478 e. The number of benzene rings is 2. The summed E-state index contributed by atoms with van der Waals surface area (Å²) in [5, 5.41) is 11.1. The van der Waals surface area contributed by atoms with E-state index < -0.39 is 29.4 Å². The van der Waals surface area contributed by atoms with Crippen molar-refractivity contribution in [3.05, 3.63) is 64.7 Å². The maximum atomic E-state index is 13.0. The van der Waals surface area contributed by atoms with Crippen molar-refractivity contribution in [2.24, 2.45) is 0 Å². The number of aromatic carboxylic acids is 1. The van der Waals surface area contributed by atoms with Crippen molar-refractivity contribution >= 4 is 17.7 Å². The second kappa shape index (κ2) is 7.25. The van der Waals surface area contributed by atoms with Crippen LogP contribution in [0.25, 0.3) is 0 Å². The standard InChI is InChI=1S/C17H14F3NO4/c1-10-13(17(18,19)20)7-12(15(22)23)8-14(10)21-16(24)25-9-11-5-3-2-4-6-11/h2-8H,9H2,1H3,(H,21,24)(H,22,23). The highest BCUT2D eigenvalue weighted by molar-refractivity contribution is 5.92. The number of anilines is 1. The number of alkyl halides is 3. The number of nitrogens with one attached hydrogen (secondary N) is 1. The molecule has 2 aromatic rings. The molecular weight excluding hydrogens is 339 g/mol. The van der Waals surface area contributed by atoms with Gasteiger partial charge < -0.3 is 9.84 Å². The molecule has 0 aromatic heterocycles. The molecular formula is C17H14F3NO4. The first-order valence-electron chi connectivity index (χ1n) is 7.11. The summed E-state index contributed by atoms with van der Waals surface area (Å²) in [4.78, 5) is 22.8. The Balaban J connectivity index is 2.21. The maximum absolute atomic E-state index is 13.0. The zero-order chi connectivity index (χ0) is 18.6. The third kappa shape index (κ3) is 4.72. The number of ether oxygens (including phenoxy) is 1. The fourth-order valence-electron chi connectivity index (χ4n) is 2.13. The smallest absolute Gasteiger partial charge is 0.416 e. The molecule has 5 nitrogen and oxygen atoms in total. The lowest BCUT2D eigenvalue weighted by Gasteiger charge is -2.16. The van der Waals surface area contributed by atoms with Gasteiger partial charge in [-0.2, -0.15) is 13.2 Å². The molecule has 0 aliphatic heterocycles. The highest BCUT2D eigenvalue weighted by atomic mass is 19.4. The molecule has 0 unspecified atom stereocenters. The molecule has 0 aliphatic carbocycles. The van der Waals surface area contributed by atoms with Crippen LogP contribution in [0.5, 0.6) is 0 Å². The molecule has 1 amide bonds. The van der Waals surface area contributed by atoms with Gasteiger partial charge in [0, 0.05) is 5.69 Å². The topological polar surface area (TPSA) is 75.6 Å². The van der Waals surface area contributed by atoms with Crippen molar-refractivity contribution in [1.29, 1.82) is 0 Å². The lowest BCUT2D eigenvalue weighted by atomic mass is 10.0. The number of carbonyl (C=O) groups is 2. The number of carboxylic acids is 1. The molecule has 8 heteroatoms. The van der Waals surface area contributed by atoms with Crippen LogP contribution in [-0.4, -0.2) is 17.2 Å². The molecule has 0 saturated heterocycles. The Morgan fingerprint density at radius 2 is 1.80 bits per heavy atom. The van der Waals surface area contributed by atoms with E-state index in [2.05, 4.69) is 5.32 Å². The third-order valence-electron chi connectivity index (χ3n) is 3.41. The normalized spacial score (nSPS) is 11.0. The highest BCUT2D eigenvalue weighted by Crippen LogP contribution is 2.35. The lowest BCUT2D eigenvalue weighted by Crippen LogP contribution is -2.17. The number of carboxylic acid groups (broad SMARTS) is 1. The van der Waals surface area contributed by atoms with Gasteiger partial charge in [0.2, 0.25) is 0 Å². The number of rotatable bonds is 4. The highest BCUT2D eigenvalue weighted by Gasteiger charge is 2.34. The van der Waals surface area contributed by atoms with Crippen LogP contribution in [0.4, 0.5) is 23.7 Å². The molecule has 2 aromatic carbocycles. The quantitative estimate of drug-likeness (QED) is 0.851. The summed E-state index contributed by atoms with van der Waals surface area (Å²) in [6.45, 7) is 1.07. The summed E-state index contributed by atoms with van der Waals surface area (Å²) in [5.41, 5.74) is -1.59. The third-order valence-corrected chi connectivity index (χ3v) is 3.41. The number of halogens is 3. The van der Waals surface area contributed by atoms with Crippen molar-refractivity contribution < 1.29 is 32.6 Å². The lowest BCUT2D eigenvalue weighted by molar-refractivity contribution is -0.138. The van der Waals surface area contributed by atoms with E-state index in [1.54, 1.807) is 30.3 Å². The van der Waals surface area contributed by atoms with Crippen LogP contribution in [0, 0.1) is 6.92 Å². The zero-order valence-corrected chi connectivity index (χ0v) is 13.1. The van der Waals surface area contributed by atoms with Gasteiger partial charge >= 0.3 is 18.2 Å². The van der Waals surface area contributed by atoms with Crippen molar-refractivity contribution in [3.8, 4) is 0 Å². The van der Waals surface area contributed by atoms with Crippen molar-refractivity contribution in [2.75, 3.05) is 5.32 Å². The van der Waals surface area contributed by atoms with Gasteiger partial charge in [-0.15, -0.1) is 0 Å². The molecule has 0 radical (unpaired) electrons. The first-order chi connectivity index (χ1) is 11.7. The molecule has 0 spiro atoms. The Kier molecular flexibility index (Phi) is 5.31. The van der Waals surface area contributed by atoms with Crippen LogP contribution >= 0.6 is 0 Å². The maximum Gasteiger partial charge on any atom is 0.416 e. The minimum Gasteiger partial charge on any atom is -0.478 e. The van der Waals surface area contributed by atoms with Crippen molar-refractivity contribution in [3.63, 3.8) is 0 Å². The van der Waals surface area contributed by atoms with E-state index >= 15 is 0 Å². The summed E-state index contributed by atoms with van der Waals surface area (Å²) >= 11 is 0. The molecule has 0 aliphatic rings. The summed E-state index contributed by atoms with van der Waals surface area (Å²) in [5.74, 6) is -1.54. The number of amides is 1. The second-order valence-corrected chi connectivity index (χ2v) is 5.19. The molecule has 2 N–H and O–H groups in total. The van der Waals surface area contributed by atoms with Crippen LogP contribution in [0.1, 0.15) is 27.0 Å². The molecule has 25 heavy (non-hydrogen) atoms. The van der Waals surface area contributed by atoms with Crippen molar-refractivity contribution in [1.82, 2.24) is 0 Å². The van der Waals surface area contributed by atoms with Gasteiger partial charge in [-0.05, 0) is 30.2 Å². The minimum absolute atomic E-state index is 0.0729. The summed E-state index contributed by atoms with van der Waals surface area (Å²) < 4.78 is 44.1. The Morgan fingerprint density at radius 3 is 2.36 bits per heavy atom. The minimum atomic E-state index is -4.75. The zero-order valence-electron chi connectivity index (χ0n) is 13.1. The Hall–Kier alpha value is -3.03. The summed E-state index contributed by atoms with van der Waals surface area (Å²) in [6, 6.07) is 10.2. The Labute approximate surface area is 141 Å². The summed E-state index contributed by atoms with van der Waals surface area (Å²) in [6.07, 6.45) is -5.73. The molecule has 132 valence electrons. The fourth-order valence-corrected chi connectivity index (χ4v) is 2.13. The Bertz CT molecular complexity index is 788. The second-order valence-electron chi connectivity index (χ2n) is 5.19. The van der Waals surface area contributed by atoms with Crippen molar-refractivity contribution in [2.45, 2.75) is 19.7 Å². The number of hydrogen-bond acceptors (Lipinski definition) is 3. The predicted molar refractivity (Wildman–Crippen MR) is 83.4 cm³/mol. The van der Waals surface area contributed by atoms with Gasteiger partial charge in [-0.1, -0.05) is 30.3 Å². The summed E-state index contributed by atoms with van der Waals surface area (Å²) in [7, 11) is 0. The van der Waals surface area contributed by atoms with Gasteiger partial charge in [0.15, 0.2) is 0 Å².